The first-order chi connectivity index (χ1) is 16.1. The summed E-state index contributed by atoms with van der Waals surface area (Å²) in [5, 5.41) is 10.9. The molecule has 0 saturated carbocycles. The minimum Gasteiger partial charge on any atom is -0.459 e. The summed E-state index contributed by atoms with van der Waals surface area (Å²) < 4.78 is 15.9. The summed E-state index contributed by atoms with van der Waals surface area (Å²) in [6, 6.07) is 19.3. The second kappa shape index (κ2) is 8.39. The Hall–Kier alpha value is -4.79. The third-order valence-corrected chi connectivity index (χ3v) is 4.73. The van der Waals surface area contributed by atoms with E-state index in [9.17, 15) is 9.59 Å². The third kappa shape index (κ3) is 4.19. The number of furan rings is 1. The van der Waals surface area contributed by atoms with Crippen LogP contribution < -0.4 is 10.1 Å². The third-order valence-electron chi connectivity index (χ3n) is 4.73. The fourth-order valence-corrected chi connectivity index (χ4v) is 3.32. The molecular weight excluding hydrogens is 424 g/mol. The Bertz CT molecular complexity index is 1460. The summed E-state index contributed by atoms with van der Waals surface area (Å²) in [7, 11) is 0. The van der Waals surface area contributed by atoms with Crippen LogP contribution in [-0.2, 0) is 4.79 Å². The molecule has 3 aromatic heterocycles. The topological polar surface area (TPSA) is 120 Å². The normalized spacial score (nSPS) is 10.8. The molecule has 0 radical (unpaired) electrons. The number of benzene rings is 2. The van der Waals surface area contributed by atoms with Crippen LogP contribution in [0.2, 0.25) is 0 Å². The molecule has 9 heteroatoms. The molecule has 9 nitrogen and oxygen atoms in total. The molecule has 0 spiro atoms. The van der Waals surface area contributed by atoms with Crippen LogP contribution in [0.3, 0.4) is 0 Å². The van der Waals surface area contributed by atoms with E-state index in [2.05, 4.69) is 20.5 Å². The Morgan fingerprint density at radius 2 is 1.82 bits per heavy atom. The number of carbonyl (C=O) groups is 2. The van der Waals surface area contributed by atoms with Gasteiger partial charge in [0.05, 0.1) is 23.0 Å². The van der Waals surface area contributed by atoms with Crippen LogP contribution in [0.15, 0.2) is 81.8 Å². The highest BCUT2D eigenvalue weighted by molar-refractivity contribution is 6.12. The number of anilines is 1. The first-order valence-corrected chi connectivity index (χ1v) is 9.94. The zero-order chi connectivity index (χ0) is 22.8. The van der Waals surface area contributed by atoms with Gasteiger partial charge in [-0.3, -0.25) is 14.9 Å². The molecule has 0 fully saturated rings. The van der Waals surface area contributed by atoms with Gasteiger partial charge in [-0.2, -0.15) is 0 Å². The standard InChI is InChI=1S/C24H16N4O5/c1-14(29)32-16-9-10-19-17(12-16)18(13-20(25-19)15-6-3-2-4-7-15)22(30)26-24-28-27-23(33-24)21-8-5-11-31-21/h2-13H,1H3,(H,26,28,30). The molecule has 0 atom stereocenters. The number of nitrogens with zero attached hydrogens (tertiary/aromatic N) is 3. The second-order valence-electron chi connectivity index (χ2n) is 7.04. The summed E-state index contributed by atoms with van der Waals surface area (Å²) in [5.41, 5.74) is 2.30. The lowest BCUT2D eigenvalue weighted by atomic mass is 10.0. The number of pyridine rings is 1. The molecule has 2 aromatic carbocycles. The summed E-state index contributed by atoms with van der Waals surface area (Å²) in [4.78, 5) is 29.3. The van der Waals surface area contributed by atoms with E-state index in [0.717, 1.165) is 5.56 Å². The predicted molar refractivity (Wildman–Crippen MR) is 118 cm³/mol. The molecule has 0 aliphatic heterocycles. The van der Waals surface area contributed by atoms with Crippen molar-refractivity contribution in [1.29, 1.82) is 0 Å². The van der Waals surface area contributed by atoms with Crippen molar-refractivity contribution in [3.05, 3.63) is 78.6 Å². The van der Waals surface area contributed by atoms with Crippen molar-refractivity contribution in [1.82, 2.24) is 15.2 Å². The summed E-state index contributed by atoms with van der Waals surface area (Å²) in [6.07, 6.45) is 1.48. The van der Waals surface area contributed by atoms with Crippen LogP contribution in [0.25, 0.3) is 33.8 Å². The minimum absolute atomic E-state index is 0.0891. The average Bonchev–Trinajstić information content (AvgIpc) is 3.51. The second-order valence-corrected chi connectivity index (χ2v) is 7.04. The zero-order valence-electron chi connectivity index (χ0n) is 17.3. The molecule has 0 aliphatic carbocycles. The van der Waals surface area contributed by atoms with Crippen LogP contribution in [0, 0.1) is 0 Å². The Morgan fingerprint density at radius 1 is 0.970 bits per heavy atom. The Labute approximate surface area is 187 Å². The van der Waals surface area contributed by atoms with Crippen molar-refractivity contribution in [2.75, 3.05) is 5.32 Å². The molecule has 0 bridgehead atoms. The van der Waals surface area contributed by atoms with E-state index in [4.69, 9.17) is 13.6 Å². The molecule has 0 aliphatic rings. The van der Waals surface area contributed by atoms with Gasteiger partial charge >= 0.3 is 12.0 Å². The predicted octanol–water partition coefficient (Wildman–Crippen LogP) is 4.72. The van der Waals surface area contributed by atoms with Gasteiger partial charge in [0.15, 0.2) is 5.76 Å². The summed E-state index contributed by atoms with van der Waals surface area (Å²) in [5.74, 6) is -0.136. The molecule has 33 heavy (non-hydrogen) atoms. The molecule has 1 N–H and O–H groups in total. The van der Waals surface area contributed by atoms with E-state index >= 15 is 0 Å². The Morgan fingerprint density at radius 3 is 2.58 bits per heavy atom. The van der Waals surface area contributed by atoms with Crippen molar-refractivity contribution >= 4 is 28.8 Å². The van der Waals surface area contributed by atoms with Crippen molar-refractivity contribution < 1.29 is 23.2 Å². The molecule has 0 unspecified atom stereocenters. The average molecular weight is 440 g/mol. The molecule has 3 heterocycles. The van der Waals surface area contributed by atoms with Crippen LogP contribution in [-0.4, -0.2) is 27.1 Å². The van der Waals surface area contributed by atoms with Gasteiger partial charge in [-0.25, -0.2) is 4.98 Å². The Kier molecular flexibility index (Phi) is 5.12. The molecule has 1 amide bonds. The lowest BCUT2D eigenvalue weighted by Crippen LogP contribution is -2.13. The van der Waals surface area contributed by atoms with Crippen molar-refractivity contribution in [2.24, 2.45) is 0 Å². The number of hydrogen-bond acceptors (Lipinski definition) is 8. The van der Waals surface area contributed by atoms with E-state index in [1.54, 1.807) is 36.4 Å². The highest BCUT2D eigenvalue weighted by atomic mass is 16.5. The monoisotopic (exact) mass is 440 g/mol. The maximum absolute atomic E-state index is 13.2. The molecule has 162 valence electrons. The van der Waals surface area contributed by atoms with E-state index < -0.39 is 11.9 Å². The van der Waals surface area contributed by atoms with E-state index in [1.807, 2.05) is 30.3 Å². The number of nitrogens with one attached hydrogen (secondary N) is 1. The highest BCUT2D eigenvalue weighted by Crippen LogP contribution is 2.29. The van der Waals surface area contributed by atoms with Gasteiger partial charge in [-0.1, -0.05) is 35.4 Å². The van der Waals surface area contributed by atoms with Crippen molar-refractivity contribution in [2.45, 2.75) is 6.92 Å². The smallest absolute Gasteiger partial charge is 0.322 e. The fraction of sp³-hybridized carbons (Fsp3) is 0.0417. The van der Waals surface area contributed by atoms with E-state index in [-0.39, 0.29) is 11.9 Å². The van der Waals surface area contributed by atoms with Gasteiger partial charge in [0, 0.05) is 17.9 Å². The zero-order valence-corrected chi connectivity index (χ0v) is 17.3. The SMILES string of the molecule is CC(=O)Oc1ccc2nc(-c3ccccc3)cc(C(=O)Nc3nnc(-c4ccco4)o3)c2c1. The van der Waals surface area contributed by atoms with Crippen LogP contribution in [0.5, 0.6) is 5.75 Å². The number of fused-ring (bicyclic) bond motifs is 1. The van der Waals surface area contributed by atoms with Crippen molar-refractivity contribution in [3.63, 3.8) is 0 Å². The van der Waals surface area contributed by atoms with Crippen molar-refractivity contribution in [3.8, 4) is 28.7 Å². The van der Waals surface area contributed by atoms with Gasteiger partial charge in [0.25, 0.3) is 11.8 Å². The number of esters is 1. The lowest BCUT2D eigenvalue weighted by Gasteiger charge is -2.11. The molecule has 0 saturated heterocycles. The number of amides is 1. The number of hydrogen-bond donors (Lipinski definition) is 1. The fourth-order valence-electron chi connectivity index (χ4n) is 3.32. The number of aromatic nitrogens is 3. The van der Waals surface area contributed by atoms with Gasteiger partial charge in [-0.15, -0.1) is 5.10 Å². The van der Waals surface area contributed by atoms with Gasteiger partial charge in [0.2, 0.25) is 0 Å². The Balaban J connectivity index is 1.56. The highest BCUT2D eigenvalue weighted by Gasteiger charge is 2.19. The quantitative estimate of drug-likeness (QED) is 0.308. The largest absolute Gasteiger partial charge is 0.459 e. The number of rotatable bonds is 5. The van der Waals surface area contributed by atoms with E-state index in [0.29, 0.717) is 33.7 Å². The lowest BCUT2D eigenvalue weighted by molar-refractivity contribution is -0.131. The molecule has 5 aromatic rings. The maximum atomic E-state index is 13.2. The molecular formula is C24H16N4O5. The minimum atomic E-state index is -0.491. The summed E-state index contributed by atoms with van der Waals surface area (Å²) in [6.45, 7) is 1.31. The first kappa shape index (κ1) is 20.1. The first-order valence-electron chi connectivity index (χ1n) is 9.94. The van der Waals surface area contributed by atoms with Gasteiger partial charge < -0.3 is 13.6 Å². The van der Waals surface area contributed by atoms with Crippen LogP contribution in [0.1, 0.15) is 17.3 Å². The van der Waals surface area contributed by atoms with Crippen LogP contribution in [0.4, 0.5) is 6.01 Å². The summed E-state index contributed by atoms with van der Waals surface area (Å²) >= 11 is 0. The van der Waals surface area contributed by atoms with E-state index in [1.165, 1.54) is 13.2 Å². The number of carbonyl (C=O) groups excluding carboxylic acids is 2. The van der Waals surface area contributed by atoms with Gasteiger partial charge in [-0.05, 0) is 36.4 Å². The van der Waals surface area contributed by atoms with Crippen LogP contribution >= 0.6 is 0 Å². The maximum Gasteiger partial charge on any atom is 0.322 e. The van der Waals surface area contributed by atoms with Gasteiger partial charge in [0.1, 0.15) is 5.75 Å². The number of ether oxygens (including phenoxy) is 1. The molecule has 5 rings (SSSR count).